The number of nitrogens with one attached hydrogen (secondary N) is 1. The molecule has 0 saturated heterocycles. The minimum atomic E-state index is -0.409. The topological polar surface area (TPSA) is 73.0 Å². The first-order chi connectivity index (χ1) is 8.65. The van der Waals surface area contributed by atoms with Crippen LogP contribution < -0.4 is 5.32 Å². The summed E-state index contributed by atoms with van der Waals surface area (Å²) in [6, 6.07) is 0. The fourth-order valence-electron chi connectivity index (χ4n) is 1.67. The molecule has 0 saturated carbocycles. The Bertz CT molecular complexity index is 381. The largest absolute Gasteiger partial charge is 0.363 e. The molecule has 1 N–H and O–H groups in total. The van der Waals surface area contributed by atoms with E-state index in [2.05, 4.69) is 16.7 Å². The van der Waals surface area contributed by atoms with E-state index < -0.39 is 4.92 Å². The summed E-state index contributed by atoms with van der Waals surface area (Å²) in [7, 11) is 1.68. The van der Waals surface area contributed by atoms with E-state index in [1.807, 2.05) is 11.8 Å². The second kappa shape index (κ2) is 7.97. The van der Waals surface area contributed by atoms with Gasteiger partial charge in [0.1, 0.15) is 6.20 Å². The number of thioether (sulfide) groups is 1. The van der Waals surface area contributed by atoms with Gasteiger partial charge in [0, 0.05) is 13.6 Å². The monoisotopic (exact) mass is 272 g/mol. The summed E-state index contributed by atoms with van der Waals surface area (Å²) in [4.78, 5) is 10.3. The van der Waals surface area contributed by atoms with Crippen LogP contribution in [0, 0.1) is 10.1 Å². The molecule has 0 unspecified atom stereocenters. The van der Waals surface area contributed by atoms with E-state index >= 15 is 0 Å². The van der Waals surface area contributed by atoms with Crippen LogP contribution in [0.1, 0.15) is 25.7 Å². The summed E-state index contributed by atoms with van der Waals surface area (Å²) in [6.45, 7) is 0.733. The van der Waals surface area contributed by atoms with Gasteiger partial charge in [-0.05, 0) is 24.9 Å². The van der Waals surface area contributed by atoms with E-state index in [0.717, 1.165) is 19.4 Å². The first kappa shape index (κ1) is 14.8. The second-order valence-corrected chi connectivity index (χ2v) is 5.11. The number of rotatable bonds is 9. The highest BCUT2D eigenvalue weighted by molar-refractivity contribution is 7.98. The fourth-order valence-corrected chi connectivity index (χ4v) is 2.16. The highest BCUT2D eigenvalue weighted by atomic mass is 32.2. The molecule has 0 aliphatic heterocycles. The van der Waals surface area contributed by atoms with Gasteiger partial charge in [0.2, 0.25) is 5.82 Å². The van der Waals surface area contributed by atoms with Crippen molar-refractivity contribution in [3.05, 3.63) is 16.3 Å². The van der Waals surface area contributed by atoms with E-state index in [4.69, 9.17) is 0 Å². The van der Waals surface area contributed by atoms with Crippen LogP contribution in [0.25, 0.3) is 0 Å². The van der Waals surface area contributed by atoms with Gasteiger partial charge in [-0.15, -0.1) is 5.10 Å². The summed E-state index contributed by atoms with van der Waals surface area (Å²) < 4.78 is 1.46. The Balaban J connectivity index is 2.25. The van der Waals surface area contributed by atoms with Crippen LogP contribution in [0.15, 0.2) is 6.20 Å². The van der Waals surface area contributed by atoms with E-state index in [-0.39, 0.29) is 5.69 Å². The molecular weight excluding hydrogens is 252 g/mol. The average Bonchev–Trinajstić information content (AvgIpc) is 2.69. The highest BCUT2D eigenvalue weighted by Crippen LogP contribution is 2.21. The SMILES string of the molecule is CSCCCCCCNc1nn(C)cc1[N+](=O)[O-]. The average molecular weight is 272 g/mol. The zero-order chi connectivity index (χ0) is 13.4. The minimum Gasteiger partial charge on any atom is -0.363 e. The molecule has 0 spiro atoms. The van der Waals surface area contributed by atoms with Gasteiger partial charge in [-0.1, -0.05) is 12.8 Å². The van der Waals surface area contributed by atoms with Gasteiger partial charge in [0.25, 0.3) is 0 Å². The van der Waals surface area contributed by atoms with Crippen LogP contribution in [-0.4, -0.2) is 33.3 Å². The van der Waals surface area contributed by atoms with E-state index in [1.54, 1.807) is 7.05 Å². The lowest BCUT2D eigenvalue weighted by Crippen LogP contribution is -2.04. The number of aryl methyl sites for hydroxylation is 1. The van der Waals surface area contributed by atoms with Gasteiger partial charge >= 0.3 is 5.69 Å². The number of hydrogen-bond acceptors (Lipinski definition) is 5. The third-order valence-electron chi connectivity index (χ3n) is 2.57. The van der Waals surface area contributed by atoms with Gasteiger partial charge in [0.05, 0.1) is 4.92 Å². The molecule has 0 atom stereocenters. The normalized spacial score (nSPS) is 10.6. The molecule has 0 radical (unpaired) electrons. The summed E-state index contributed by atoms with van der Waals surface area (Å²) in [5.74, 6) is 1.57. The summed E-state index contributed by atoms with van der Waals surface area (Å²) in [5, 5.41) is 17.8. The first-order valence-corrected chi connectivity index (χ1v) is 7.45. The van der Waals surface area contributed by atoms with Crippen LogP contribution >= 0.6 is 11.8 Å². The van der Waals surface area contributed by atoms with Crippen molar-refractivity contribution in [2.75, 3.05) is 23.9 Å². The van der Waals surface area contributed by atoms with Gasteiger partial charge < -0.3 is 5.32 Å². The molecule has 0 fully saturated rings. The Morgan fingerprint density at radius 2 is 2.17 bits per heavy atom. The maximum atomic E-state index is 10.8. The van der Waals surface area contributed by atoms with Crippen molar-refractivity contribution in [3.63, 3.8) is 0 Å². The molecule has 0 aromatic carbocycles. The zero-order valence-electron chi connectivity index (χ0n) is 10.9. The molecule has 1 heterocycles. The predicted octanol–water partition coefficient (Wildman–Crippen LogP) is 2.66. The Morgan fingerprint density at radius 1 is 1.44 bits per heavy atom. The van der Waals surface area contributed by atoms with Crippen LogP contribution in [0.3, 0.4) is 0 Å². The van der Waals surface area contributed by atoms with Crippen molar-refractivity contribution in [2.45, 2.75) is 25.7 Å². The standard InChI is InChI=1S/C11H20N4O2S/c1-14-9-10(15(16)17)11(13-14)12-7-5-3-4-6-8-18-2/h9H,3-8H2,1-2H3,(H,12,13). The molecule has 7 heteroatoms. The Labute approximate surface area is 111 Å². The van der Waals surface area contributed by atoms with Crippen LogP contribution in [-0.2, 0) is 7.05 Å². The smallest absolute Gasteiger partial charge is 0.330 e. The maximum Gasteiger partial charge on any atom is 0.330 e. The summed E-state index contributed by atoms with van der Waals surface area (Å²) in [5.41, 5.74) is 0.0416. The molecule has 0 aliphatic carbocycles. The van der Waals surface area contributed by atoms with Crippen molar-refractivity contribution in [3.8, 4) is 0 Å². The maximum absolute atomic E-state index is 10.8. The number of nitro groups is 1. The quantitative estimate of drug-likeness (QED) is 0.425. The number of hydrogen-bond donors (Lipinski definition) is 1. The predicted molar refractivity (Wildman–Crippen MR) is 75.2 cm³/mol. The van der Waals surface area contributed by atoms with Gasteiger partial charge in [-0.2, -0.15) is 11.8 Å². The number of aromatic nitrogens is 2. The van der Waals surface area contributed by atoms with Crippen molar-refractivity contribution in [1.29, 1.82) is 0 Å². The Morgan fingerprint density at radius 3 is 2.83 bits per heavy atom. The lowest BCUT2D eigenvalue weighted by atomic mass is 10.2. The number of unbranched alkanes of at least 4 members (excludes halogenated alkanes) is 3. The molecule has 0 amide bonds. The molecule has 0 bridgehead atoms. The molecular formula is C11H20N4O2S. The molecule has 18 heavy (non-hydrogen) atoms. The molecule has 6 nitrogen and oxygen atoms in total. The molecule has 1 rings (SSSR count). The molecule has 0 aliphatic rings. The van der Waals surface area contributed by atoms with Crippen molar-refractivity contribution in [2.24, 2.45) is 7.05 Å². The summed E-state index contributed by atoms with van der Waals surface area (Å²) in [6.07, 6.45) is 8.15. The van der Waals surface area contributed by atoms with Crippen molar-refractivity contribution < 1.29 is 4.92 Å². The highest BCUT2D eigenvalue weighted by Gasteiger charge is 2.17. The molecule has 1 aromatic heterocycles. The van der Waals surface area contributed by atoms with Gasteiger partial charge in [-0.3, -0.25) is 14.8 Å². The van der Waals surface area contributed by atoms with Gasteiger partial charge in [-0.25, -0.2) is 0 Å². The lowest BCUT2D eigenvalue weighted by Gasteiger charge is -2.02. The van der Waals surface area contributed by atoms with Crippen LogP contribution in [0.4, 0.5) is 11.5 Å². The van der Waals surface area contributed by atoms with Crippen molar-refractivity contribution >= 4 is 23.3 Å². The van der Waals surface area contributed by atoms with Gasteiger partial charge in [0.15, 0.2) is 0 Å². The van der Waals surface area contributed by atoms with E-state index in [9.17, 15) is 10.1 Å². The third kappa shape index (κ3) is 4.95. The number of anilines is 1. The number of nitrogens with zero attached hydrogens (tertiary/aromatic N) is 3. The van der Waals surface area contributed by atoms with Crippen LogP contribution in [0.2, 0.25) is 0 Å². The third-order valence-corrected chi connectivity index (χ3v) is 3.27. The molecule has 1 aromatic rings. The zero-order valence-corrected chi connectivity index (χ0v) is 11.7. The van der Waals surface area contributed by atoms with E-state index in [0.29, 0.717) is 5.82 Å². The van der Waals surface area contributed by atoms with E-state index in [1.165, 1.54) is 29.5 Å². The molecule has 102 valence electrons. The fraction of sp³-hybridized carbons (Fsp3) is 0.727. The van der Waals surface area contributed by atoms with Crippen LogP contribution in [0.5, 0.6) is 0 Å². The first-order valence-electron chi connectivity index (χ1n) is 6.06. The second-order valence-electron chi connectivity index (χ2n) is 4.13. The minimum absolute atomic E-state index is 0.0416. The summed E-state index contributed by atoms with van der Waals surface area (Å²) >= 11 is 1.87. The Kier molecular flexibility index (Phi) is 6.56. The lowest BCUT2D eigenvalue weighted by molar-refractivity contribution is -0.384. The van der Waals surface area contributed by atoms with Crippen molar-refractivity contribution in [1.82, 2.24) is 9.78 Å². The Hall–Kier alpha value is -1.24.